The molecule has 1 N–H and O–H groups in total. The monoisotopic (exact) mass is 250 g/mol. The van der Waals surface area contributed by atoms with Crippen molar-refractivity contribution in [3.63, 3.8) is 0 Å². The van der Waals surface area contributed by atoms with Crippen LogP contribution >= 0.6 is 11.6 Å². The molecule has 0 saturated carbocycles. The molecule has 0 unspecified atom stereocenters. The molecule has 0 saturated heterocycles. The maximum absolute atomic E-state index is 10.5. The summed E-state index contributed by atoms with van der Waals surface area (Å²) >= 11 is 5.79. The smallest absolute Gasteiger partial charge is 0.309 e. The standard InChI is InChI=1S/C12H11ClN2O2/c13-10-3-1-9(2-4-10)6-15-7-11(14-8-15)5-12(16)17/h1-4,7-8H,5-6H2,(H,16,17). The Morgan fingerprint density at radius 3 is 2.71 bits per heavy atom. The first kappa shape index (κ1) is 11.7. The van der Waals surface area contributed by atoms with Crippen LogP contribution in [0.25, 0.3) is 0 Å². The van der Waals surface area contributed by atoms with Crippen LogP contribution in [0.1, 0.15) is 11.3 Å². The van der Waals surface area contributed by atoms with Gasteiger partial charge < -0.3 is 9.67 Å². The molecule has 0 aliphatic carbocycles. The minimum atomic E-state index is -0.873. The van der Waals surface area contributed by atoms with Gasteiger partial charge in [-0.15, -0.1) is 0 Å². The second-order valence-corrected chi connectivity index (χ2v) is 4.17. The molecular formula is C12H11ClN2O2. The molecular weight excluding hydrogens is 240 g/mol. The first-order valence-corrected chi connectivity index (χ1v) is 5.48. The molecule has 5 heteroatoms. The quantitative estimate of drug-likeness (QED) is 0.905. The minimum Gasteiger partial charge on any atom is -0.481 e. The number of carbonyl (C=O) groups is 1. The fraction of sp³-hybridized carbons (Fsp3) is 0.167. The van der Waals surface area contributed by atoms with Crippen molar-refractivity contribution in [2.75, 3.05) is 0 Å². The fourth-order valence-corrected chi connectivity index (χ4v) is 1.67. The van der Waals surface area contributed by atoms with Gasteiger partial charge in [0.25, 0.3) is 0 Å². The zero-order valence-electron chi connectivity index (χ0n) is 9.01. The van der Waals surface area contributed by atoms with E-state index in [2.05, 4.69) is 4.98 Å². The molecule has 88 valence electrons. The number of aliphatic carboxylic acids is 1. The van der Waals surface area contributed by atoms with Crippen molar-refractivity contribution in [1.29, 1.82) is 0 Å². The Balaban J connectivity index is 2.06. The Morgan fingerprint density at radius 1 is 1.35 bits per heavy atom. The summed E-state index contributed by atoms with van der Waals surface area (Å²) in [6.07, 6.45) is 3.32. The Bertz CT molecular complexity index is 520. The van der Waals surface area contributed by atoms with Gasteiger partial charge in [0.15, 0.2) is 0 Å². The number of aromatic nitrogens is 2. The van der Waals surface area contributed by atoms with Crippen molar-refractivity contribution < 1.29 is 9.90 Å². The molecule has 4 nitrogen and oxygen atoms in total. The van der Waals surface area contributed by atoms with E-state index in [1.54, 1.807) is 12.5 Å². The number of hydrogen-bond donors (Lipinski definition) is 1. The summed E-state index contributed by atoms with van der Waals surface area (Å²) in [5, 5.41) is 9.33. The highest BCUT2D eigenvalue weighted by molar-refractivity contribution is 6.30. The molecule has 0 aliphatic rings. The van der Waals surface area contributed by atoms with E-state index in [9.17, 15) is 4.79 Å². The minimum absolute atomic E-state index is 0.0480. The van der Waals surface area contributed by atoms with Crippen LogP contribution in [0.15, 0.2) is 36.8 Å². The number of carboxylic acids is 1. The number of imidazole rings is 1. The van der Waals surface area contributed by atoms with E-state index in [1.807, 2.05) is 28.8 Å². The van der Waals surface area contributed by atoms with Gasteiger partial charge in [0, 0.05) is 17.8 Å². The number of nitrogens with zero attached hydrogens (tertiary/aromatic N) is 2. The van der Waals surface area contributed by atoms with Crippen LogP contribution in [-0.2, 0) is 17.8 Å². The first-order chi connectivity index (χ1) is 8.13. The highest BCUT2D eigenvalue weighted by atomic mass is 35.5. The lowest BCUT2D eigenvalue weighted by Gasteiger charge is -2.01. The van der Waals surface area contributed by atoms with Gasteiger partial charge in [-0.05, 0) is 17.7 Å². The average molecular weight is 251 g/mol. The highest BCUT2D eigenvalue weighted by Crippen LogP contribution is 2.11. The third kappa shape index (κ3) is 3.32. The number of halogens is 1. The molecule has 2 aromatic rings. The van der Waals surface area contributed by atoms with Gasteiger partial charge in [-0.25, -0.2) is 4.98 Å². The second kappa shape index (κ2) is 5.01. The van der Waals surface area contributed by atoms with Crippen LogP contribution in [0.3, 0.4) is 0 Å². The van der Waals surface area contributed by atoms with Crippen molar-refractivity contribution >= 4 is 17.6 Å². The van der Waals surface area contributed by atoms with E-state index in [1.165, 1.54) is 0 Å². The van der Waals surface area contributed by atoms with Crippen LogP contribution in [0.4, 0.5) is 0 Å². The van der Waals surface area contributed by atoms with Gasteiger partial charge >= 0.3 is 5.97 Å². The van der Waals surface area contributed by atoms with E-state index in [4.69, 9.17) is 16.7 Å². The van der Waals surface area contributed by atoms with E-state index < -0.39 is 5.97 Å². The lowest BCUT2D eigenvalue weighted by molar-refractivity contribution is -0.136. The fourth-order valence-electron chi connectivity index (χ4n) is 1.54. The number of benzene rings is 1. The molecule has 2 rings (SSSR count). The van der Waals surface area contributed by atoms with Crippen LogP contribution in [0, 0.1) is 0 Å². The van der Waals surface area contributed by atoms with Crippen molar-refractivity contribution in [3.8, 4) is 0 Å². The third-order valence-corrected chi connectivity index (χ3v) is 2.55. The molecule has 0 bridgehead atoms. The predicted octanol–water partition coefficient (Wildman–Crippen LogP) is 2.21. The largest absolute Gasteiger partial charge is 0.481 e. The van der Waals surface area contributed by atoms with Crippen LogP contribution in [0.2, 0.25) is 5.02 Å². The Hall–Kier alpha value is -1.81. The molecule has 0 aliphatic heterocycles. The van der Waals surface area contributed by atoms with Crippen molar-refractivity contribution in [1.82, 2.24) is 9.55 Å². The SMILES string of the molecule is O=C(O)Cc1cn(Cc2ccc(Cl)cc2)cn1. The van der Waals surface area contributed by atoms with Crippen LogP contribution < -0.4 is 0 Å². The number of rotatable bonds is 4. The van der Waals surface area contributed by atoms with Crippen molar-refractivity contribution in [3.05, 3.63) is 53.1 Å². The molecule has 1 heterocycles. The molecule has 0 fully saturated rings. The predicted molar refractivity (Wildman–Crippen MR) is 64.1 cm³/mol. The zero-order valence-corrected chi connectivity index (χ0v) is 9.76. The maximum atomic E-state index is 10.5. The average Bonchev–Trinajstić information content (AvgIpc) is 2.68. The number of carboxylic acid groups (broad SMARTS) is 1. The Morgan fingerprint density at radius 2 is 2.06 bits per heavy atom. The van der Waals surface area contributed by atoms with Crippen molar-refractivity contribution in [2.24, 2.45) is 0 Å². The summed E-state index contributed by atoms with van der Waals surface area (Å²) in [6.45, 7) is 0.657. The Labute approximate surface area is 103 Å². The van der Waals surface area contributed by atoms with E-state index in [0.29, 0.717) is 17.3 Å². The summed E-state index contributed by atoms with van der Waals surface area (Å²) in [7, 11) is 0. The molecule has 0 atom stereocenters. The molecule has 0 radical (unpaired) electrons. The summed E-state index contributed by atoms with van der Waals surface area (Å²) in [4.78, 5) is 14.5. The van der Waals surface area contributed by atoms with Crippen LogP contribution in [0.5, 0.6) is 0 Å². The summed E-state index contributed by atoms with van der Waals surface area (Å²) < 4.78 is 1.85. The van der Waals surface area contributed by atoms with E-state index >= 15 is 0 Å². The van der Waals surface area contributed by atoms with Gasteiger partial charge in [-0.3, -0.25) is 4.79 Å². The van der Waals surface area contributed by atoms with E-state index in [-0.39, 0.29) is 6.42 Å². The zero-order chi connectivity index (χ0) is 12.3. The van der Waals surface area contributed by atoms with Gasteiger partial charge in [0.2, 0.25) is 0 Å². The maximum Gasteiger partial charge on any atom is 0.309 e. The van der Waals surface area contributed by atoms with Gasteiger partial charge in [-0.2, -0.15) is 0 Å². The summed E-state index contributed by atoms with van der Waals surface area (Å²) in [6, 6.07) is 7.51. The lowest BCUT2D eigenvalue weighted by Crippen LogP contribution is -2.00. The van der Waals surface area contributed by atoms with Gasteiger partial charge in [-0.1, -0.05) is 23.7 Å². The molecule has 17 heavy (non-hydrogen) atoms. The molecule has 1 aromatic carbocycles. The third-order valence-electron chi connectivity index (χ3n) is 2.30. The molecule has 0 amide bonds. The molecule has 0 spiro atoms. The summed E-state index contributed by atoms with van der Waals surface area (Å²) in [5.74, 6) is -0.873. The van der Waals surface area contributed by atoms with Gasteiger partial charge in [0.05, 0.1) is 18.4 Å². The van der Waals surface area contributed by atoms with Gasteiger partial charge in [0.1, 0.15) is 0 Å². The lowest BCUT2D eigenvalue weighted by atomic mass is 10.2. The van der Waals surface area contributed by atoms with Crippen molar-refractivity contribution in [2.45, 2.75) is 13.0 Å². The highest BCUT2D eigenvalue weighted by Gasteiger charge is 2.04. The van der Waals surface area contributed by atoms with Crippen LogP contribution in [-0.4, -0.2) is 20.6 Å². The second-order valence-electron chi connectivity index (χ2n) is 3.73. The normalized spacial score (nSPS) is 10.4. The summed E-state index contributed by atoms with van der Waals surface area (Å²) in [5.41, 5.74) is 1.65. The Kier molecular flexibility index (Phi) is 3.44. The topological polar surface area (TPSA) is 55.1 Å². The number of hydrogen-bond acceptors (Lipinski definition) is 2. The van der Waals surface area contributed by atoms with E-state index in [0.717, 1.165) is 5.56 Å². The first-order valence-electron chi connectivity index (χ1n) is 5.10. The molecule has 1 aromatic heterocycles.